The normalized spacial score (nSPS) is 11.6. The molecule has 0 aromatic heterocycles. The van der Waals surface area contributed by atoms with E-state index < -0.39 is 9.84 Å². The van der Waals surface area contributed by atoms with Crippen LogP contribution in [0.1, 0.15) is 13.8 Å². The highest BCUT2D eigenvalue weighted by molar-refractivity contribution is 7.91. The van der Waals surface area contributed by atoms with E-state index in [-0.39, 0.29) is 15.9 Å². The van der Waals surface area contributed by atoms with Crippen LogP contribution in [0.25, 0.3) is 0 Å². The van der Waals surface area contributed by atoms with Crippen molar-refractivity contribution in [3.8, 4) is 5.75 Å². The molecule has 2 aromatic rings. The quantitative estimate of drug-likeness (QED) is 0.858. The third-order valence-electron chi connectivity index (χ3n) is 2.63. The number of rotatable bonds is 4. The van der Waals surface area contributed by atoms with E-state index in [1.165, 1.54) is 12.1 Å². The second kappa shape index (κ2) is 5.85. The van der Waals surface area contributed by atoms with Gasteiger partial charge < -0.3 is 4.74 Å². The Morgan fingerprint density at radius 1 is 0.900 bits per heavy atom. The summed E-state index contributed by atoms with van der Waals surface area (Å²) in [4.78, 5) is 0.454. The van der Waals surface area contributed by atoms with Crippen molar-refractivity contribution in [2.75, 3.05) is 0 Å². The predicted molar refractivity (Wildman–Crippen MR) is 79.1 cm³/mol. The van der Waals surface area contributed by atoms with Crippen molar-refractivity contribution < 1.29 is 13.2 Å². The lowest BCUT2D eigenvalue weighted by Gasteiger charge is -2.10. The third kappa shape index (κ3) is 3.32. The lowest BCUT2D eigenvalue weighted by molar-refractivity contribution is 0.242. The summed E-state index contributed by atoms with van der Waals surface area (Å²) in [5.74, 6) is 0.648. The van der Waals surface area contributed by atoms with Crippen molar-refractivity contribution in [1.82, 2.24) is 0 Å². The third-order valence-corrected chi connectivity index (χ3v) is 4.67. The number of halogens is 1. The standard InChI is InChI=1S/C15H15ClO3S/c1-11(2)19-13-5-9-15(10-6-13)20(17,18)14-7-3-12(16)4-8-14/h3-11H,1-2H3. The molecule has 0 spiro atoms. The molecule has 3 nitrogen and oxygen atoms in total. The first-order valence-electron chi connectivity index (χ1n) is 6.17. The van der Waals surface area contributed by atoms with Gasteiger partial charge in [-0.15, -0.1) is 0 Å². The molecule has 0 fully saturated rings. The van der Waals surface area contributed by atoms with Gasteiger partial charge >= 0.3 is 0 Å². The van der Waals surface area contributed by atoms with Gasteiger partial charge in [-0.25, -0.2) is 8.42 Å². The van der Waals surface area contributed by atoms with E-state index in [0.717, 1.165) is 0 Å². The second-order valence-corrected chi connectivity index (χ2v) is 6.98. The van der Waals surface area contributed by atoms with Gasteiger partial charge in [0.15, 0.2) is 0 Å². The SMILES string of the molecule is CC(C)Oc1ccc(S(=O)(=O)c2ccc(Cl)cc2)cc1. The molecule has 0 unspecified atom stereocenters. The highest BCUT2D eigenvalue weighted by atomic mass is 35.5. The largest absolute Gasteiger partial charge is 0.491 e. The van der Waals surface area contributed by atoms with Gasteiger partial charge in [-0.1, -0.05) is 11.6 Å². The van der Waals surface area contributed by atoms with Gasteiger partial charge in [0.25, 0.3) is 0 Å². The summed E-state index contributed by atoms with van der Waals surface area (Å²) in [7, 11) is -3.52. The van der Waals surface area contributed by atoms with Gasteiger partial charge in [-0.2, -0.15) is 0 Å². The molecule has 2 aromatic carbocycles. The summed E-state index contributed by atoms with van der Waals surface area (Å²) in [5.41, 5.74) is 0. The molecule has 0 amide bonds. The average Bonchev–Trinajstić information content (AvgIpc) is 2.39. The smallest absolute Gasteiger partial charge is 0.206 e. The molecule has 5 heteroatoms. The van der Waals surface area contributed by atoms with Crippen molar-refractivity contribution in [3.05, 3.63) is 53.6 Å². The number of sulfone groups is 1. The zero-order valence-corrected chi connectivity index (χ0v) is 12.8. The van der Waals surface area contributed by atoms with Crippen LogP contribution < -0.4 is 4.74 Å². The molecular weight excluding hydrogens is 296 g/mol. The Morgan fingerprint density at radius 2 is 1.35 bits per heavy atom. The van der Waals surface area contributed by atoms with Crippen LogP contribution in [0.5, 0.6) is 5.75 Å². The van der Waals surface area contributed by atoms with Crippen LogP contribution in [-0.2, 0) is 9.84 Å². The fourth-order valence-electron chi connectivity index (χ4n) is 1.72. The van der Waals surface area contributed by atoms with E-state index >= 15 is 0 Å². The summed E-state index contributed by atoms with van der Waals surface area (Å²) in [6.45, 7) is 3.83. The summed E-state index contributed by atoms with van der Waals surface area (Å²) < 4.78 is 30.3. The monoisotopic (exact) mass is 310 g/mol. The fourth-order valence-corrected chi connectivity index (χ4v) is 3.11. The number of hydrogen-bond acceptors (Lipinski definition) is 3. The minimum Gasteiger partial charge on any atom is -0.491 e. The molecule has 0 bridgehead atoms. The van der Waals surface area contributed by atoms with Crippen molar-refractivity contribution in [3.63, 3.8) is 0 Å². The Morgan fingerprint density at radius 3 is 1.80 bits per heavy atom. The highest BCUT2D eigenvalue weighted by Crippen LogP contribution is 2.24. The maximum Gasteiger partial charge on any atom is 0.206 e. The first-order valence-corrected chi connectivity index (χ1v) is 8.03. The van der Waals surface area contributed by atoms with Crippen molar-refractivity contribution >= 4 is 21.4 Å². The molecule has 0 N–H and O–H groups in total. The van der Waals surface area contributed by atoms with Gasteiger partial charge in [-0.05, 0) is 62.4 Å². The first kappa shape index (κ1) is 14.9. The molecule has 106 valence electrons. The molecule has 0 saturated carbocycles. The predicted octanol–water partition coefficient (Wildman–Crippen LogP) is 3.96. The van der Waals surface area contributed by atoms with E-state index in [4.69, 9.17) is 16.3 Å². The fraction of sp³-hybridized carbons (Fsp3) is 0.200. The van der Waals surface area contributed by atoms with Crippen LogP contribution in [0, 0.1) is 0 Å². The summed E-state index contributed by atoms with van der Waals surface area (Å²) in [6, 6.07) is 12.5. The first-order chi connectivity index (χ1) is 9.39. The van der Waals surface area contributed by atoms with E-state index in [0.29, 0.717) is 10.8 Å². The van der Waals surface area contributed by atoms with Crippen LogP contribution in [0.4, 0.5) is 0 Å². The average molecular weight is 311 g/mol. The van der Waals surface area contributed by atoms with E-state index in [1.807, 2.05) is 13.8 Å². The van der Waals surface area contributed by atoms with Crippen molar-refractivity contribution in [2.24, 2.45) is 0 Å². The Hall–Kier alpha value is -1.52. The molecule has 0 aliphatic carbocycles. The lowest BCUT2D eigenvalue weighted by Crippen LogP contribution is -2.06. The van der Waals surface area contributed by atoms with Crippen molar-refractivity contribution in [2.45, 2.75) is 29.7 Å². The Labute approximate surface area is 124 Å². The maximum atomic E-state index is 12.4. The van der Waals surface area contributed by atoms with Gasteiger partial charge in [0.05, 0.1) is 15.9 Å². The lowest BCUT2D eigenvalue weighted by atomic mass is 10.3. The van der Waals surface area contributed by atoms with Crippen molar-refractivity contribution in [1.29, 1.82) is 0 Å². The molecule has 0 aliphatic rings. The number of ether oxygens (including phenoxy) is 1. The van der Waals surface area contributed by atoms with E-state index in [2.05, 4.69) is 0 Å². The van der Waals surface area contributed by atoms with Gasteiger partial charge in [0.1, 0.15) is 5.75 Å². The van der Waals surface area contributed by atoms with Gasteiger partial charge in [0, 0.05) is 5.02 Å². The molecule has 0 atom stereocenters. The van der Waals surface area contributed by atoms with E-state index in [1.54, 1.807) is 36.4 Å². The molecular formula is C15H15ClO3S. The minimum absolute atomic E-state index is 0.0497. The zero-order chi connectivity index (χ0) is 14.8. The Balaban J connectivity index is 2.32. The zero-order valence-electron chi connectivity index (χ0n) is 11.2. The van der Waals surface area contributed by atoms with Gasteiger partial charge in [-0.3, -0.25) is 0 Å². The van der Waals surface area contributed by atoms with E-state index in [9.17, 15) is 8.42 Å². The molecule has 0 saturated heterocycles. The van der Waals surface area contributed by atoms with Crippen LogP contribution in [-0.4, -0.2) is 14.5 Å². The Kier molecular flexibility index (Phi) is 4.35. The Bertz CT molecular complexity index is 674. The van der Waals surface area contributed by atoms with Crippen LogP contribution in [0.3, 0.4) is 0 Å². The van der Waals surface area contributed by atoms with Gasteiger partial charge in [0.2, 0.25) is 9.84 Å². The summed E-state index contributed by atoms with van der Waals surface area (Å²) in [5, 5.41) is 0.504. The highest BCUT2D eigenvalue weighted by Gasteiger charge is 2.17. The number of benzene rings is 2. The topological polar surface area (TPSA) is 43.4 Å². The minimum atomic E-state index is -3.52. The molecule has 2 rings (SSSR count). The number of hydrogen-bond donors (Lipinski definition) is 0. The molecule has 0 aliphatic heterocycles. The van der Waals surface area contributed by atoms with Crippen LogP contribution in [0.15, 0.2) is 58.3 Å². The molecule has 0 heterocycles. The van der Waals surface area contributed by atoms with Crippen LogP contribution >= 0.6 is 11.6 Å². The van der Waals surface area contributed by atoms with Crippen LogP contribution in [0.2, 0.25) is 5.02 Å². The summed E-state index contributed by atoms with van der Waals surface area (Å²) in [6.07, 6.45) is 0.0497. The maximum absolute atomic E-state index is 12.4. The molecule has 0 radical (unpaired) electrons. The summed E-state index contributed by atoms with van der Waals surface area (Å²) >= 11 is 5.77. The second-order valence-electron chi connectivity index (χ2n) is 4.60. The molecule has 20 heavy (non-hydrogen) atoms.